The van der Waals surface area contributed by atoms with Crippen LogP contribution in [0.5, 0.6) is 0 Å². The number of alkyl halides is 1. The Morgan fingerprint density at radius 3 is 2.63 bits per heavy atom. The van der Waals surface area contributed by atoms with E-state index in [9.17, 15) is 4.79 Å². The molecule has 0 heterocycles. The number of amides is 1. The van der Waals surface area contributed by atoms with Crippen molar-refractivity contribution < 1.29 is 4.79 Å². The first-order valence-corrected chi connectivity index (χ1v) is 7.61. The molecular weight excluding hydrogens is 326 g/mol. The molecule has 1 rings (SSSR count). The second kappa shape index (κ2) is 6.76. The summed E-state index contributed by atoms with van der Waals surface area (Å²) < 4.78 is 0.842. The molecule has 0 bridgehead atoms. The van der Waals surface area contributed by atoms with Gasteiger partial charge in [-0.2, -0.15) is 0 Å². The van der Waals surface area contributed by atoms with E-state index in [0.29, 0.717) is 12.1 Å². The smallest absolute Gasteiger partial charge is 0.252 e. The Balaban J connectivity index is 2.59. The van der Waals surface area contributed by atoms with Gasteiger partial charge in [-0.05, 0) is 46.3 Å². The molecule has 1 unspecified atom stereocenters. The van der Waals surface area contributed by atoms with E-state index in [1.165, 1.54) is 0 Å². The van der Waals surface area contributed by atoms with Crippen LogP contribution in [-0.4, -0.2) is 17.8 Å². The van der Waals surface area contributed by atoms with Crippen LogP contribution in [-0.2, 0) is 0 Å². The Kier molecular flexibility index (Phi) is 5.87. The molecule has 1 amide bonds. The average molecular weight is 347 g/mol. The van der Waals surface area contributed by atoms with Gasteiger partial charge < -0.3 is 5.32 Å². The molecule has 0 radical (unpaired) electrons. The maximum Gasteiger partial charge on any atom is 0.252 e. The third-order valence-electron chi connectivity index (χ3n) is 2.75. The molecule has 4 heteroatoms. The van der Waals surface area contributed by atoms with Crippen LogP contribution in [0.25, 0.3) is 0 Å². The SMILES string of the molecule is Cc1cccc(C(=O)NCC(Cl)CC(C)(C)C)c1Br. The predicted molar refractivity (Wildman–Crippen MR) is 84.9 cm³/mol. The minimum Gasteiger partial charge on any atom is -0.351 e. The second-order valence-electron chi connectivity index (χ2n) is 6.01. The summed E-state index contributed by atoms with van der Waals surface area (Å²) >= 11 is 9.68. The Bertz CT molecular complexity index is 454. The second-order valence-corrected chi connectivity index (χ2v) is 7.42. The van der Waals surface area contributed by atoms with Gasteiger partial charge in [0.05, 0.1) is 10.9 Å². The van der Waals surface area contributed by atoms with Crippen molar-refractivity contribution in [3.63, 3.8) is 0 Å². The number of aryl methyl sites for hydroxylation is 1. The fraction of sp³-hybridized carbons (Fsp3) is 0.533. The van der Waals surface area contributed by atoms with Crippen LogP contribution in [0, 0.1) is 12.3 Å². The van der Waals surface area contributed by atoms with Crippen molar-refractivity contribution in [3.05, 3.63) is 33.8 Å². The van der Waals surface area contributed by atoms with Crippen LogP contribution in [0.4, 0.5) is 0 Å². The van der Waals surface area contributed by atoms with Gasteiger partial charge in [0.25, 0.3) is 5.91 Å². The van der Waals surface area contributed by atoms with Crippen LogP contribution in [0.3, 0.4) is 0 Å². The molecule has 1 aromatic rings. The quantitative estimate of drug-likeness (QED) is 0.797. The molecule has 0 aliphatic heterocycles. The van der Waals surface area contributed by atoms with Crippen LogP contribution in [0.15, 0.2) is 22.7 Å². The van der Waals surface area contributed by atoms with Gasteiger partial charge in [0, 0.05) is 11.0 Å². The highest BCUT2D eigenvalue weighted by Gasteiger charge is 2.18. The van der Waals surface area contributed by atoms with E-state index in [-0.39, 0.29) is 16.7 Å². The molecular formula is C15H21BrClNO. The molecule has 1 N–H and O–H groups in total. The number of benzene rings is 1. The fourth-order valence-corrected chi connectivity index (χ4v) is 2.84. The van der Waals surface area contributed by atoms with Crippen LogP contribution < -0.4 is 5.32 Å². The molecule has 0 aliphatic carbocycles. The zero-order valence-corrected chi connectivity index (χ0v) is 14.2. The third kappa shape index (κ3) is 5.53. The van der Waals surface area contributed by atoms with Gasteiger partial charge in [0.2, 0.25) is 0 Å². The van der Waals surface area contributed by atoms with Crippen molar-refractivity contribution >= 4 is 33.4 Å². The molecule has 0 aromatic heterocycles. The van der Waals surface area contributed by atoms with Gasteiger partial charge in [0.15, 0.2) is 0 Å². The van der Waals surface area contributed by atoms with E-state index in [1.807, 2.05) is 19.1 Å². The fourth-order valence-electron chi connectivity index (χ4n) is 1.86. The lowest BCUT2D eigenvalue weighted by atomic mass is 9.90. The van der Waals surface area contributed by atoms with Gasteiger partial charge in [-0.15, -0.1) is 11.6 Å². The molecule has 19 heavy (non-hydrogen) atoms. The Morgan fingerprint density at radius 1 is 1.42 bits per heavy atom. The number of carbonyl (C=O) groups is 1. The standard InChI is InChI=1S/C15H21BrClNO/c1-10-6-5-7-12(13(10)16)14(19)18-9-11(17)8-15(2,3)4/h5-7,11H,8-9H2,1-4H3,(H,18,19). The normalized spacial score (nSPS) is 13.2. The number of rotatable bonds is 4. The maximum absolute atomic E-state index is 12.1. The first-order chi connectivity index (χ1) is 8.70. The molecule has 1 aromatic carbocycles. The van der Waals surface area contributed by atoms with E-state index in [1.54, 1.807) is 6.07 Å². The van der Waals surface area contributed by atoms with E-state index in [2.05, 4.69) is 42.0 Å². The van der Waals surface area contributed by atoms with Crippen molar-refractivity contribution in [2.24, 2.45) is 5.41 Å². The Morgan fingerprint density at radius 2 is 2.05 bits per heavy atom. The minimum atomic E-state index is -0.0878. The lowest BCUT2D eigenvalue weighted by Gasteiger charge is -2.22. The number of hydrogen-bond donors (Lipinski definition) is 1. The first kappa shape index (κ1) is 16.5. The lowest BCUT2D eigenvalue weighted by molar-refractivity contribution is 0.0951. The summed E-state index contributed by atoms with van der Waals surface area (Å²) in [6, 6.07) is 5.65. The molecule has 0 saturated heterocycles. The van der Waals surface area contributed by atoms with Gasteiger partial charge >= 0.3 is 0 Å². The highest BCUT2D eigenvalue weighted by Crippen LogP contribution is 2.24. The Hall–Kier alpha value is -0.540. The van der Waals surface area contributed by atoms with Gasteiger partial charge in [-0.3, -0.25) is 4.79 Å². The zero-order valence-electron chi connectivity index (χ0n) is 11.9. The van der Waals surface area contributed by atoms with Gasteiger partial charge in [0.1, 0.15) is 0 Å². The van der Waals surface area contributed by atoms with Crippen molar-refractivity contribution in [1.82, 2.24) is 5.32 Å². The monoisotopic (exact) mass is 345 g/mol. The zero-order chi connectivity index (χ0) is 14.6. The first-order valence-electron chi connectivity index (χ1n) is 6.38. The summed E-state index contributed by atoms with van der Waals surface area (Å²) in [5.74, 6) is -0.0878. The third-order valence-corrected chi connectivity index (χ3v) is 4.12. The average Bonchev–Trinajstić information content (AvgIpc) is 2.27. The van der Waals surface area contributed by atoms with Crippen LogP contribution in [0.1, 0.15) is 43.1 Å². The molecule has 0 fully saturated rings. The highest BCUT2D eigenvalue weighted by molar-refractivity contribution is 9.10. The van der Waals surface area contributed by atoms with Gasteiger partial charge in [-0.1, -0.05) is 32.9 Å². The molecule has 2 nitrogen and oxygen atoms in total. The number of hydrogen-bond acceptors (Lipinski definition) is 1. The summed E-state index contributed by atoms with van der Waals surface area (Å²) in [5.41, 5.74) is 1.87. The summed E-state index contributed by atoms with van der Waals surface area (Å²) in [4.78, 5) is 12.1. The molecule has 106 valence electrons. The summed E-state index contributed by atoms with van der Waals surface area (Å²) in [6.07, 6.45) is 0.865. The van der Waals surface area contributed by atoms with E-state index in [4.69, 9.17) is 11.6 Å². The van der Waals surface area contributed by atoms with E-state index < -0.39 is 0 Å². The summed E-state index contributed by atoms with van der Waals surface area (Å²) in [7, 11) is 0. The van der Waals surface area contributed by atoms with Gasteiger partial charge in [-0.25, -0.2) is 0 Å². The van der Waals surface area contributed by atoms with E-state index in [0.717, 1.165) is 16.5 Å². The summed E-state index contributed by atoms with van der Waals surface area (Å²) in [5, 5.41) is 2.84. The highest BCUT2D eigenvalue weighted by atomic mass is 79.9. The van der Waals surface area contributed by atoms with Crippen molar-refractivity contribution in [3.8, 4) is 0 Å². The van der Waals surface area contributed by atoms with Crippen molar-refractivity contribution in [2.75, 3.05) is 6.54 Å². The minimum absolute atomic E-state index is 0.0486. The summed E-state index contributed by atoms with van der Waals surface area (Å²) in [6.45, 7) is 8.87. The topological polar surface area (TPSA) is 29.1 Å². The van der Waals surface area contributed by atoms with E-state index >= 15 is 0 Å². The number of nitrogens with one attached hydrogen (secondary N) is 1. The molecule has 1 atom stereocenters. The van der Waals surface area contributed by atoms with Crippen LogP contribution in [0.2, 0.25) is 0 Å². The van der Waals surface area contributed by atoms with Crippen molar-refractivity contribution in [1.29, 1.82) is 0 Å². The largest absolute Gasteiger partial charge is 0.351 e. The lowest BCUT2D eigenvalue weighted by Crippen LogP contribution is -2.31. The number of carbonyl (C=O) groups excluding carboxylic acids is 1. The Labute approximate surface area is 129 Å². The number of halogens is 2. The maximum atomic E-state index is 12.1. The van der Waals surface area contributed by atoms with Crippen molar-refractivity contribution in [2.45, 2.75) is 39.5 Å². The predicted octanol–water partition coefficient (Wildman–Crippen LogP) is 4.53. The molecule has 0 aliphatic rings. The molecule has 0 saturated carbocycles. The van der Waals surface area contributed by atoms with Crippen LogP contribution >= 0.6 is 27.5 Å². The molecule has 0 spiro atoms.